The highest BCUT2D eigenvalue weighted by Gasteiger charge is 2.22. The molecule has 21 heavy (non-hydrogen) atoms. The van der Waals surface area contributed by atoms with Crippen LogP contribution >= 0.6 is 0 Å². The number of amidine groups is 1. The van der Waals surface area contributed by atoms with Crippen molar-refractivity contribution >= 4 is 27.5 Å². The van der Waals surface area contributed by atoms with E-state index in [0.717, 1.165) is 0 Å². The van der Waals surface area contributed by atoms with E-state index in [2.05, 4.69) is 18.7 Å². The molecular formula is C10H10N6O4S. The fourth-order valence-electron chi connectivity index (χ4n) is 1.82. The van der Waals surface area contributed by atoms with Crippen molar-refractivity contribution < 1.29 is 19.2 Å². The van der Waals surface area contributed by atoms with E-state index in [-0.39, 0.29) is 23.0 Å². The van der Waals surface area contributed by atoms with Crippen molar-refractivity contribution in [2.24, 2.45) is 14.5 Å². The first-order valence-electron chi connectivity index (χ1n) is 5.65. The summed E-state index contributed by atoms with van der Waals surface area (Å²) < 4.78 is 27.7. The van der Waals surface area contributed by atoms with Crippen molar-refractivity contribution in [3.05, 3.63) is 35.2 Å². The number of imidazole rings is 1. The van der Waals surface area contributed by atoms with Gasteiger partial charge in [0.15, 0.2) is 17.3 Å². The largest absolute Gasteiger partial charge is 0.595 e. The number of quaternary nitrogens is 1. The van der Waals surface area contributed by atoms with Crippen molar-refractivity contribution in [1.82, 2.24) is 9.97 Å². The zero-order chi connectivity index (χ0) is 15.2. The van der Waals surface area contributed by atoms with E-state index in [1.54, 1.807) is 12.1 Å². The highest BCUT2D eigenvalue weighted by Crippen LogP contribution is 2.27. The van der Waals surface area contributed by atoms with Gasteiger partial charge in [0.25, 0.3) is 10.2 Å². The van der Waals surface area contributed by atoms with E-state index in [9.17, 15) is 14.0 Å². The van der Waals surface area contributed by atoms with Gasteiger partial charge in [-0.15, -0.1) is 8.76 Å². The molecule has 110 valence electrons. The van der Waals surface area contributed by atoms with Crippen LogP contribution in [0.5, 0.6) is 0 Å². The standard InChI is InChI=1S/C10H10N6O4S/c11-8-7-10(15-21(19,20)14-8)13-9(12-7)5-1-3-6(4-2-5)16(17)18/h1-4,16-17H,(H4,11,12,13,14,15,19,20). The number of fused-ring (bicyclic) bond motifs is 1. The van der Waals surface area contributed by atoms with Crippen LogP contribution in [-0.2, 0) is 10.2 Å². The molecule has 3 rings (SSSR count). The van der Waals surface area contributed by atoms with Crippen LogP contribution in [0.1, 0.15) is 5.69 Å². The zero-order valence-electron chi connectivity index (χ0n) is 10.3. The maximum atomic E-state index is 11.4. The molecule has 1 aliphatic heterocycles. The Balaban J connectivity index is 2.05. The summed E-state index contributed by atoms with van der Waals surface area (Å²) in [6, 6.07) is 5.94. The Morgan fingerprint density at radius 3 is 2.62 bits per heavy atom. The minimum Gasteiger partial charge on any atom is -0.595 e. The van der Waals surface area contributed by atoms with E-state index in [4.69, 9.17) is 10.9 Å². The van der Waals surface area contributed by atoms with Gasteiger partial charge in [0.2, 0.25) is 0 Å². The third-order valence-corrected chi connectivity index (χ3v) is 3.61. The second-order valence-corrected chi connectivity index (χ2v) is 5.51. The first kappa shape index (κ1) is 13.7. The van der Waals surface area contributed by atoms with Crippen LogP contribution in [0.3, 0.4) is 0 Å². The number of nitrogens with one attached hydrogen (secondary N) is 2. The van der Waals surface area contributed by atoms with Crippen LogP contribution in [0.2, 0.25) is 0 Å². The summed E-state index contributed by atoms with van der Waals surface area (Å²) in [5.74, 6) is 0.177. The minimum absolute atomic E-state index is 0.00712. The molecule has 11 heteroatoms. The van der Waals surface area contributed by atoms with E-state index < -0.39 is 15.4 Å². The van der Waals surface area contributed by atoms with E-state index >= 15 is 0 Å². The lowest BCUT2D eigenvalue weighted by Crippen LogP contribution is -2.99. The smallest absolute Gasteiger partial charge is 0.281 e. The Morgan fingerprint density at radius 2 is 2.00 bits per heavy atom. The van der Waals surface area contributed by atoms with Crippen LogP contribution in [-0.4, -0.2) is 29.8 Å². The van der Waals surface area contributed by atoms with Crippen LogP contribution in [0.4, 0.5) is 11.5 Å². The quantitative estimate of drug-likeness (QED) is 0.477. The van der Waals surface area contributed by atoms with E-state index in [1.807, 2.05) is 0 Å². The molecule has 1 aromatic heterocycles. The predicted octanol–water partition coefficient (Wildman–Crippen LogP) is -0.313. The third kappa shape index (κ3) is 2.51. The van der Waals surface area contributed by atoms with Crippen LogP contribution in [0, 0.1) is 5.21 Å². The zero-order valence-corrected chi connectivity index (χ0v) is 11.2. The Bertz CT molecular complexity index is 847. The minimum atomic E-state index is -3.75. The van der Waals surface area contributed by atoms with Crippen molar-refractivity contribution in [3.63, 3.8) is 0 Å². The summed E-state index contributed by atoms with van der Waals surface area (Å²) in [7, 11) is -3.75. The average Bonchev–Trinajstić information content (AvgIpc) is 2.81. The number of benzene rings is 1. The lowest BCUT2D eigenvalue weighted by Gasteiger charge is -2.10. The molecule has 6 N–H and O–H groups in total. The fourth-order valence-corrected chi connectivity index (χ4v) is 2.57. The fraction of sp³-hybridized carbons (Fsp3) is 0. The van der Waals surface area contributed by atoms with Gasteiger partial charge in [-0.1, -0.05) is 0 Å². The molecular weight excluding hydrogens is 300 g/mol. The molecule has 2 heterocycles. The van der Waals surface area contributed by atoms with Gasteiger partial charge >= 0.3 is 0 Å². The number of rotatable bonds is 2. The Hall–Kier alpha value is -2.31. The molecule has 2 atom stereocenters. The number of nitrogens with zero attached hydrogens (tertiary/aromatic N) is 3. The molecule has 0 saturated carbocycles. The number of nitrogens with two attached hydrogens (primary N) is 1. The molecule has 2 unspecified atom stereocenters. The number of hydrogen-bond acceptors (Lipinski definition) is 6. The molecule has 0 spiro atoms. The SMILES string of the molecule is NC1=NS(=O)(O)=Nc2nc(-c3ccc([NH+]([O-])O)cc3)[nH]c21. The number of H-pyrrole nitrogens is 1. The highest BCUT2D eigenvalue weighted by atomic mass is 32.2. The van der Waals surface area contributed by atoms with Gasteiger partial charge in [0.1, 0.15) is 11.5 Å². The van der Waals surface area contributed by atoms with Gasteiger partial charge in [-0.2, -0.15) is 9.44 Å². The molecule has 1 aromatic carbocycles. The predicted molar refractivity (Wildman–Crippen MR) is 73.4 cm³/mol. The second kappa shape index (κ2) is 4.61. The summed E-state index contributed by atoms with van der Waals surface area (Å²) >= 11 is 0. The lowest BCUT2D eigenvalue weighted by molar-refractivity contribution is -0.991. The summed E-state index contributed by atoms with van der Waals surface area (Å²) in [5, 5.41) is 18.6. The van der Waals surface area contributed by atoms with Gasteiger partial charge in [-0.3, -0.25) is 4.55 Å². The van der Waals surface area contributed by atoms with Gasteiger partial charge in [0.05, 0.1) is 0 Å². The summed E-state index contributed by atoms with van der Waals surface area (Å²) in [6.45, 7) is 0. The summed E-state index contributed by atoms with van der Waals surface area (Å²) in [4.78, 5) is 6.91. The average molecular weight is 310 g/mol. The molecule has 0 saturated heterocycles. The third-order valence-electron chi connectivity index (χ3n) is 2.77. The van der Waals surface area contributed by atoms with Crippen molar-refractivity contribution in [1.29, 1.82) is 0 Å². The monoisotopic (exact) mass is 310 g/mol. The van der Waals surface area contributed by atoms with Gasteiger partial charge < -0.3 is 15.9 Å². The maximum Gasteiger partial charge on any atom is 0.281 e. The van der Waals surface area contributed by atoms with Crippen molar-refractivity contribution in [3.8, 4) is 11.4 Å². The Kier molecular flexibility index (Phi) is 3.00. The van der Waals surface area contributed by atoms with E-state index in [0.29, 0.717) is 11.4 Å². The number of aromatic nitrogens is 2. The normalized spacial score (nSPS) is 22.1. The molecule has 1 aliphatic rings. The molecule has 0 fully saturated rings. The maximum absolute atomic E-state index is 11.4. The van der Waals surface area contributed by atoms with Gasteiger partial charge in [-0.25, -0.2) is 10.2 Å². The Labute approximate surface area is 118 Å². The van der Waals surface area contributed by atoms with Crippen LogP contribution in [0.15, 0.2) is 33.0 Å². The molecule has 10 nitrogen and oxygen atoms in total. The molecule has 0 bridgehead atoms. The van der Waals surface area contributed by atoms with Gasteiger partial charge in [-0.05, 0) is 12.1 Å². The second-order valence-electron chi connectivity index (χ2n) is 4.20. The summed E-state index contributed by atoms with van der Waals surface area (Å²) in [5.41, 5.74) is 6.55. The van der Waals surface area contributed by atoms with Crippen LogP contribution < -0.4 is 11.0 Å². The highest BCUT2D eigenvalue weighted by molar-refractivity contribution is 7.87. The van der Waals surface area contributed by atoms with Crippen molar-refractivity contribution in [2.75, 3.05) is 0 Å². The first-order chi connectivity index (χ1) is 9.85. The first-order valence-corrected chi connectivity index (χ1v) is 7.08. The molecule has 0 radical (unpaired) electrons. The van der Waals surface area contributed by atoms with Gasteiger partial charge in [0, 0.05) is 17.7 Å². The van der Waals surface area contributed by atoms with E-state index in [1.165, 1.54) is 12.1 Å². The topological polar surface area (TPSA) is 164 Å². The van der Waals surface area contributed by atoms with Crippen molar-refractivity contribution in [2.45, 2.75) is 0 Å². The summed E-state index contributed by atoms with van der Waals surface area (Å²) in [6.07, 6.45) is 0. The molecule has 0 amide bonds. The molecule has 2 aromatic rings. The number of hydrogen-bond donors (Lipinski definition) is 5. The number of aromatic amines is 1. The Morgan fingerprint density at radius 1 is 1.33 bits per heavy atom. The molecule has 0 aliphatic carbocycles. The lowest BCUT2D eigenvalue weighted by atomic mass is 10.2. The van der Waals surface area contributed by atoms with Crippen LogP contribution in [0.25, 0.3) is 11.4 Å².